The summed E-state index contributed by atoms with van der Waals surface area (Å²) in [5, 5.41) is 3.17. The number of thioether (sulfide) groups is 1. The number of methoxy groups -OCH3 is 1. The lowest BCUT2D eigenvalue weighted by Crippen LogP contribution is -2.31. The van der Waals surface area contributed by atoms with Crippen molar-refractivity contribution in [3.63, 3.8) is 0 Å². The highest BCUT2D eigenvalue weighted by atomic mass is 32.2. The maximum absolute atomic E-state index is 12.3. The molecule has 0 unspecified atom stereocenters. The second-order valence-corrected chi connectivity index (χ2v) is 6.46. The van der Waals surface area contributed by atoms with Crippen LogP contribution in [0.25, 0.3) is 0 Å². The van der Waals surface area contributed by atoms with Gasteiger partial charge in [-0.25, -0.2) is 0 Å². The van der Waals surface area contributed by atoms with Crippen molar-refractivity contribution in [3.05, 3.63) is 59.7 Å². The molecule has 2 aromatic rings. The van der Waals surface area contributed by atoms with Crippen LogP contribution in [0.3, 0.4) is 0 Å². The Morgan fingerprint density at radius 1 is 1.23 bits per heavy atom. The maximum atomic E-state index is 12.3. The van der Waals surface area contributed by atoms with E-state index in [0.29, 0.717) is 6.42 Å². The molecule has 1 N–H and O–H groups in total. The number of carbonyl (C=O) groups excluding carboxylic acids is 1. The molecule has 0 aliphatic carbocycles. The summed E-state index contributed by atoms with van der Waals surface area (Å²) in [6, 6.07) is 16.1. The lowest BCUT2D eigenvalue weighted by molar-refractivity contribution is -0.121. The molecule has 0 radical (unpaired) electrons. The predicted molar refractivity (Wildman–Crippen MR) is 89.4 cm³/mol. The predicted octanol–water partition coefficient (Wildman–Crippen LogP) is 3.59. The smallest absolute Gasteiger partial charge is 0.224 e. The van der Waals surface area contributed by atoms with Crippen molar-refractivity contribution < 1.29 is 9.53 Å². The summed E-state index contributed by atoms with van der Waals surface area (Å²) in [4.78, 5) is 13.6. The number of rotatable bonds is 4. The summed E-state index contributed by atoms with van der Waals surface area (Å²) in [5.74, 6) is 1.92. The van der Waals surface area contributed by atoms with Crippen LogP contribution in [-0.4, -0.2) is 18.8 Å². The summed E-state index contributed by atoms with van der Waals surface area (Å²) >= 11 is 1.86. The van der Waals surface area contributed by atoms with Crippen molar-refractivity contribution in [1.29, 1.82) is 0 Å². The molecule has 1 aliphatic rings. The Bertz CT molecular complexity index is 654. The standard InChI is InChI=1S/C18H19NO2S/c1-21-14-8-6-13(7-9-14)12-18(20)19-16-10-11-22-17-5-3-2-4-15(16)17/h2-9,16H,10-12H2,1H3,(H,19,20)/t16-/m1/s1. The third-order valence-electron chi connectivity index (χ3n) is 3.82. The van der Waals surface area contributed by atoms with Crippen LogP contribution in [0, 0.1) is 0 Å². The van der Waals surface area contributed by atoms with E-state index in [1.165, 1.54) is 10.5 Å². The molecule has 3 rings (SSSR count). The number of carbonyl (C=O) groups is 1. The van der Waals surface area contributed by atoms with E-state index in [0.717, 1.165) is 23.5 Å². The van der Waals surface area contributed by atoms with Gasteiger partial charge >= 0.3 is 0 Å². The van der Waals surface area contributed by atoms with E-state index in [-0.39, 0.29) is 11.9 Å². The van der Waals surface area contributed by atoms with Gasteiger partial charge in [0.05, 0.1) is 19.6 Å². The van der Waals surface area contributed by atoms with E-state index >= 15 is 0 Å². The molecule has 3 nitrogen and oxygen atoms in total. The van der Waals surface area contributed by atoms with Gasteiger partial charge in [0, 0.05) is 10.6 Å². The largest absolute Gasteiger partial charge is 0.497 e. The first kappa shape index (κ1) is 15.0. The van der Waals surface area contributed by atoms with E-state index < -0.39 is 0 Å². The molecule has 1 atom stereocenters. The molecule has 0 aromatic heterocycles. The van der Waals surface area contributed by atoms with Crippen molar-refractivity contribution in [1.82, 2.24) is 5.32 Å². The SMILES string of the molecule is COc1ccc(CC(=O)N[C@@H]2CCSc3ccccc32)cc1. The van der Waals surface area contributed by atoms with Crippen LogP contribution in [0.4, 0.5) is 0 Å². The van der Waals surface area contributed by atoms with E-state index in [1.54, 1.807) is 7.11 Å². The summed E-state index contributed by atoms with van der Waals surface area (Å²) in [6.07, 6.45) is 1.38. The van der Waals surface area contributed by atoms with Crippen molar-refractivity contribution in [2.45, 2.75) is 23.8 Å². The fraction of sp³-hybridized carbons (Fsp3) is 0.278. The van der Waals surface area contributed by atoms with E-state index in [1.807, 2.05) is 48.2 Å². The summed E-state index contributed by atoms with van der Waals surface area (Å²) < 4.78 is 5.13. The number of amides is 1. The molecule has 1 heterocycles. The first-order chi connectivity index (χ1) is 10.8. The molecule has 2 aromatic carbocycles. The number of hydrogen-bond donors (Lipinski definition) is 1. The first-order valence-electron chi connectivity index (χ1n) is 7.40. The van der Waals surface area contributed by atoms with E-state index in [4.69, 9.17) is 4.74 Å². The molecule has 0 spiro atoms. The van der Waals surface area contributed by atoms with Gasteiger partial charge in [0.2, 0.25) is 5.91 Å². The fourth-order valence-corrected chi connectivity index (χ4v) is 3.79. The molecular formula is C18H19NO2S. The minimum Gasteiger partial charge on any atom is -0.497 e. The molecule has 0 bridgehead atoms. The highest BCUT2D eigenvalue weighted by molar-refractivity contribution is 7.99. The van der Waals surface area contributed by atoms with Gasteiger partial charge in [0.15, 0.2) is 0 Å². The molecule has 1 amide bonds. The summed E-state index contributed by atoms with van der Waals surface area (Å²) in [6.45, 7) is 0. The molecule has 1 aliphatic heterocycles. The number of hydrogen-bond acceptors (Lipinski definition) is 3. The van der Waals surface area contributed by atoms with Gasteiger partial charge in [-0.2, -0.15) is 0 Å². The molecule has 22 heavy (non-hydrogen) atoms. The van der Waals surface area contributed by atoms with Gasteiger partial charge in [-0.05, 0) is 35.7 Å². The molecule has 114 valence electrons. The molecule has 0 fully saturated rings. The summed E-state index contributed by atoms with van der Waals surface area (Å²) in [5.41, 5.74) is 2.23. The van der Waals surface area contributed by atoms with Crippen molar-refractivity contribution in [2.24, 2.45) is 0 Å². The molecule has 4 heteroatoms. The van der Waals surface area contributed by atoms with Crippen LogP contribution in [0.15, 0.2) is 53.4 Å². The minimum atomic E-state index is 0.0665. The van der Waals surface area contributed by atoms with Crippen molar-refractivity contribution in [3.8, 4) is 5.75 Å². The highest BCUT2D eigenvalue weighted by Crippen LogP contribution is 2.35. The van der Waals surface area contributed by atoms with Crippen LogP contribution < -0.4 is 10.1 Å². The number of nitrogens with one attached hydrogen (secondary N) is 1. The Labute approximate surface area is 135 Å². The van der Waals surface area contributed by atoms with Gasteiger partial charge in [-0.1, -0.05) is 30.3 Å². The summed E-state index contributed by atoms with van der Waals surface area (Å²) in [7, 11) is 1.64. The van der Waals surface area contributed by atoms with Crippen LogP contribution in [-0.2, 0) is 11.2 Å². The van der Waals surface area contributed by atoms with Gasteiger partial charge in [0.25, 0.3) is 0 Å². The minimum absolute atomic E-state index is 0.0665. The highest BCUT2D eigenvalue weighted by Gasteiger charge is 2.21. The first-order valence-corrected chi connectivity index (χ1v) is 8.39. The monoisotopic (exact) mass is 313 g/mol. The zero-order valence-corrected chi connectivity index (χ0v) is 13.4. The zero-order chi connectivity index (χ0) is 15.4. The fourth-order valence-electron chi connectivity index (χ4n) is 2.67. The molecule has 0 saturated carbocycles. The normalized spacial score (nSPS) is 16.7. The van der Waals surface area contributed by atoms with Crippen LogP contribution >= 0.6 is 11.8 Å². The van der Waals surface area contributed by atoms with Crippen LogP contribution in [0.1, 0.15) is 23.6 Å². The average molecular weight is 313 g/mol. The Balaban J connectivity index is 1.65. The number of ether oxygens (including phenoxy) is 1. The Hall–Kier alpha value is -1.94. The van der Waals surface area contributed by atoms with Gasteiger partial charge in [-0.3, -0.25) is 4.79 Å². The molecule has 0 saturated heterocycles. The Kier molecular flexibility index (Phi) is 4.68. The third-order valence-corrected chi connectivity index (χ3v) is 4.94. The topological polar surface area (TPSA) is 38.3 Å². The lowest BCUT2D eigenvalue weighted by Gasteiger charge is -2.25. The Morgan fingerprint density at radius 3 is 2.77 bits per heavy atom. The quantitative estimate of drug-likeness (QED) is 0.937. The third kappa shape index (κ3) is 3.45. The number of fused-ring (bicyclic) bond motifs is 1. The van der Waals surface area contributed by atoms with Crippen molar-refractivity contribution >= 4 is 17.7 Å². The Morgan fingerprint density at radius 2 is 2.00 bits per heavy atom. The second-order valence-electron chi connectivity index (χ2n) is 5.32. The van der Waals surface area contributed by atoms with Crippen LogP contribution in [0.2, 0.25) is 0 Å². The molecular weight excluding hydrogens is 294 g/mol. The van der Waals surface area contributed by atoms with E-state index in [9.17, 15) is 4.79 Å². The lowest BCUT2D eigenvalue weighted by atomic mass is 10.0. The van der Waals surface area contributed by atoms with Gasteiger partial charge < -0.3 is 10.1 Å². The maximum Gasteiger partial charge on any atom is 0.224 e. The van der Waals surface area contributed by atoms with E-state index in [2.05, 4.69) is 17.4 Å². The van der Waals surface area contributed by atoms with Crippen molar-refractivity contribution in [2.75, 3.05) is 12.9 Å². The second kappa shape index (κ2) is 6.88. The number of benzene rings is 2. The zero-order valence-electron chi connectivity index (χ0n) is 12.5. The van der Waals surface area contributed by atoms with Gasteiger partial charge in [0.1, 0.15) is 5.75 Å². The van der Waals surface area contributed by atoms with Crippen LogP contribution in [0.5, 0.6) is 5.75 Å². The van der Waals surface area contributed by atoms with Gasteiger partial charge in [-0.15, -0.1) is 11.8 Å². The average Bonchev–Trinajstić information content (AvgIpc) is 2.56.